The van der Waals surface area contributed by atoms with Crippen molar-refractivity contribution in [1.82, 2.24) is 5.32 Å². The molecule has 2 rings (SSSR count). The SMILES string of the molecule is CCC1Cc2c(ccc(C)c2C)CN1. The van der Waals surface area contributed by atoms with Crippen LogP contribution in [0.1, 0.15) is 35.6 Å². The highest BCUT2D eigenvalue weighted by Crippen LogP contribution is 2.23. The second kappa shape index (κ2) is 3.74. The topological polar surface area (TPSA) is 12.0 Å². The molecule has 0 aliphatic carbocycles. The van der Waals surface area contributed by atoms with Gasteiger partial charge in [0, 0.05) is 12.6 Å². The van der Waals surface area contributed by atoms with Gasteiger partial charge in [0.15, 0.2) is 0 Å². The van der Waals surface area contributed by atoms with Crippen molar-refractivity contribution in [2.75, 3.05) is 0 Å². The van der Waals surface area contributed by atoms with Gasteiger partial charge in [0.2, 0.25) is 0 Å². The van der Waals surface area contributed by atoms with Gasteiger partial charge in [-0.05, 0) is 48.9 Å². The van der Waals surface area contributed by atoms with Crippen LogP contribution in [0.5, 0.6) is 0 Å². The van der Waals surface area contributed by atoms with E-state index in [-0.39, 0.29) is 0 Å². The van der Waals surface area contributed by atoms with Gasteiger partial charge in [0.05, 0.1) is 0 Å². The van der Waals surface area contributed by atoms with Crippen molar-refractivity contribution in [2.24, 2.45) is 0 Å². The first-order chi connectivity index (χ1) is 6.72. The predicted molar refractivity (Wildman–Crippen MR) is 60.5 cm³/mol. The van der Waals surface area contributed by atoms with E-state index in [2.05, 4.69) is 38.2 Å². The quantitative estimate of drug-likeness (QED) is 0.716. The average molecular weight is 189 g/mol. The highest BCUT2D eigenvalue weighted by atomic mass is 14.9. The van der Waals surface area contributed by atoms with Crippen LogP contribution in [0.2, 0.25) is 0 Å². The van der Waals surface area contributed by atoms with E-state index in [0.717, 1.165) is 6.54 Å². The molecule has 0 spiro atoms. The van der Waals surface area contributed by atoms with Gasteiger partial charge in [0.1, 0.15) is 0 Å². The lowest BCUT2D eigenvalue weighted by molar-refractivity contribution is 0.466. The lowest BCUT2D eigenvalue weighted by Gasteiger charge is -2.27. The molecule has 1 nitrogen and oxygen atoms in total. The van der Waals surface area contributed by atoms with Crippen LogP contribution in [0.4, 0.5) is 0 Å². The summed E-state index contributed by atoms with van der Waals surface area (Å²) >= 11 is 0. The molecule has 0 saturated carbocycles. The zero-order valence-corrected chi connectivity index (χ0v) is 9.35. The van der Waals surface area contributed by atoms with Crippen molar-refractivity contribution in [3.63, 3.8) is 0 Å². The first-order valence-corrected chi connectivity index (χ1v) is 5.53. The Hall–Kier alpha value is -0.820. The molecule has 1 aliphatic heterocycles. The fraction of sp³-hybridized carbons (Fsp3) is 0.538. The molecule has 1 heteroatoms. The van der Waals surface area contributed by atoms with Crippen molar-refractivity contribution in [2.45, 2.75) is 46.2 Å². The van der Waals surface area contributed by atoms with Crippen molar-refractivity contribution < 1.29 is 0 Å². The van der Waals surface area contributed by atoms with E-state index in [1.165, 1.54) is 29.5 Å². The predicted octanol–water partition coefficient (Wildman–Crippen LogP) is 2.73. The molecule has 1 atom stereocenters. The van der Waals surface area contributed by atoms with Gasteiger partial charge in [-0.2, -0.15) is 0 Å². The molecule has 0 bridgehead atoms. The van der Waals surface area contributed by atoms with Crippen LogP contribution in [-0.2, 0) is 13.0 Å². The molecule has 14 heavy (non-hydrogen) atoms. The highest BCUT2D eigenvalue weighted by Gasteiger charge is 2.18. The summed E-state index contributed by atoms with van der Waals surface area (Å²) in [6.07, 6.45) is 2.44. The molecule has 1 heterocycles. The molecule has 0 aromatic heterocycles. The Bertz CT molecular complexity index is 341. The minimum atomic E-state index is 0.683. The Morgan fingerprint density at radius 1 is 1.36 bits per heavy atom. The van der Waals surface area contributed by atoms with E-state index in [1.54, 1.807) is 5.56 Å². The Labute approximate surface area is 86.5 Å². The van der Waals surface area contributed by atoms with E-state index in [9.17, 15) is 0 Å². The number of hydrogen-bond donors (Lipinski definition) is 1. The van der Waals surface area contributed by atoms with Gasteiger partial charge in [-0.3, -0.25) is 0 Å². The summed E-state index contributed by atoms with van der Waals surface area (Å²) in [5, 5.41) is 3.57. The zero-order chi connectivity index (χ0) is 10.1. The third-order valence-corrected chi connectivity index (χ3v) is 3.49. The monoisotopic (exact) mass is 189 g/mol. The van der Waals surface area contributed by atoms with Crippen molar-refractivity contribution in [3.8, 4) is 0 Å². The maximum Gasteiger partial charge on any atom is 0.0211 e. The number of nitrogens with one attached hydrogen (secondary N) is 1. The van der Waals surface area contributed by atoms with Crippen molar-refractivity contribution >= 4 is 0 Å². The van der Waals surface area contributed by atoms with Crippen LogP contribution in [-0.4, -0.2) is 6.04 Å². The Kier molecular flexibility index (Phi) is 2.60. The summed E-state index contributed by atoms with van der Waals surface area (Å²) in [5.41, 5.74) is 6.02. The van der Waals surface area contributed by atoms with Gasteiger partial charge < -0.3 is 5.32 Å². The molecule has 1 N–H and O–H groups in total. The number of aryl methyl sites for hydroxylation is 1. The second-order valence-corrected chi connectivity index (χ2v) is 4.34. The van der Waals surface area contributed by atoms with Gasteiger partial charge in [0.25, 0.3) is 0 Å². The van der Waals surface area contributed by atoms with Gasteiger partial charge >= 0.3 is 0 Å². The normalized spacial score (nSPS) is 20.6. The van der Waals surface area contributed by atoms with Crippen LogP contribution in [0, 0.1) is 13.8 Å². The van der Waals surface area contributed by atoms with Crippen molar-refractivity contribution in [3.05, 3.63) is 34.4 Å². The summed E-state index contributed by atoms with van der Waals surface area (Å²) in [6, 6.07) is 5.20. The molecular formula is C13H19N. The molecule has 1 unspecified atom stereocenters. The summed E-state index contributed by atoms with van der Waals surface area (Å²) in [5.74, 6) is 0. The minimum Gasteiger partial charge on any atom is -0.310 e. The third-order valence-electron chi connectivity index (χ3n) is 3.49. The lowest BCUT2D eigenvalue weighted by atomic mass is 9.89. The van der Waals surface area contributed by atoms with Gasteiger partial charge in [-0.25, -0.2) is 0 Å². The smallest absolute Gasteiger partial charge is 0.0211 e. The van der Waals surface area contributed by atoms with Crippen LogP contribution in [0.15, 0.2) is 12.1 Å². The van der Waals surface area contributed by atoms with E-state index in [0.29, 0.717) is 6.04 Å². The van der Waals surface area contributed by atoms with E-state index in [1.807, 2.05) is 0 Å². The first kappa shape index (κ1) is 9.72. The van der Waals surface area contributed by atoms with Crippen LogP contribution in [0.25, 0.3) is 0 Å². The molecule has 76 valence electrons. The summed E-state index contributed by atoms with van der Waals surface area (Å²) in [6.45, 7) is 7.77. The molecule has 0 amide bonds. The molecule has 1 aliphatic rings. The fourth-order valence-corrected chi connectivity index (χ4v) is 2.24. The summed E-state index contributed by atoms with van der Waals surface area (Å²) in [7, 11) is 0. The molecule has 0 radical (unpaired) electrons. The standard InChI is InChI=1S/C13H19N/c1-4-12-7-13-10(3)9(2)5-6-11(13)8-14-12/h5-6,12,14H,4,7-8H2,1-3H3. The molecule has 0 saturated heterocycles. The largest absolute Gasteiger partial charge is 0.310 e. The average Bonchev–Trinajstić information content (AvgIpc) is 2.23. The second-order valence-electron chi connectivity index (χ2n) is 4.34. The number of fused-ring (bicyclic) bond motifs is 1. The molecule has 1 aromatic rings. The number of rotatable bonds is 1. The Morgan fingerprint density at radius 2 is 2.14 bits per heavy atom. The third kappa shape index (κ3) is 1.57. The van der Waals surface area contributed by atoms with Crippen LogP contribution < -0.4 is 5.32 Å². The molecule has 1 aromatic carbocycles. The summed E-state index contributed by atoms with van der Waals surface area (Å²) < 4.78 is 0. The maximum atomic E-state index is 3.57. The number of benzene rings is 1. The molecular weight excluding hydrogens is 170 g/mol. The van der Waals surface area contributed by atoms with Crippen LogP contribution >= 0.6 is 0 Å². The lowest BCUT2D eigenvalue weighted by Crippen LogP contribution is -2.35. The zero-order valence-electron chi connectivity index (χ0n) is 9.35. The fourth-order valence-electron chi connectivity index (χ4n) is 2.24. The van der Waals surface area contributed by atoms with Crippen molar-refractivity contribution in [1.29, 1.82) is 0 Å². The minimum absolute atomic E-state index is 0.683. The number of hydrogen-bond acceptors (Lipinski definition) is 1. The first-order valence-electron chi connectivity index (χ1n) is 5.53. The molecule has 0 fully saturated rings. The Morgan fingerprint density at radius 3 is 2.86 bits per heavy atom. The van der Waals surface area contributed by atoms with Crippen LogP contribution in [0.3, 0.4) is 0 Å². The van der Waals surface area contributed by atoms with Gasteiger partial charge in [-0.15, -0.1) is 0 Å². The van der Waals surface area contributed by atoms with E-state index in [4.69, 9.17) is 0 Å². The van der Waals surface area contributed by atoms with E-state index < -0.39 is 0 Å². The van der Waals surface area contributed by atoms with Gasteiger partial charge in [-0.1, -0.05) is 19.1 Å². The van der Waals surface area contributed by atoms with E-state index >= 15 is 0 Å². The highest BCUT2D eigenvalue weighted by molar-refractivity contribution is 5.41. The summed E-state index contributed by atoms with van der Waals surface area (Å²) in [4.78, 5) is 0. The maximum absolute atomic E-state index is 3.57. The Balaban J connectivity index is 2.38.